The molecule has 0 atom stereocenters. The zero-order valence-corrected chi connectivity index (χ0v) is 18.3. The van der Waals surface area contributed by atoms with Gasteiger partial charge in [0.1, 0.15) is 0 Å². The lowest BCUT2D eigenvalue weighted by Gasteiger charge is -2.04. The average molecular weight is 441 g/mol. The van der Waals surface area contributed by atoms with Crippen molar-refractivity contribution in [2.75, 3.05) is 0 Å². The second kappa shape index (κ2) is 11.1. The van der Waals surface area contributed by atoms with Gasteiger partial charge in [-0.3, -0.25) is 0 Å². The maximum Gasteiger partial charge on any atom is 0.240 e. The molecular weight excluding hydrogens is 420 g/mol. The minimum absolute atomic E-state index is 0.595. The zero-order valence-electron chi connectivity index (χ0n) is 18.3. The lowest BCUT2D eigenvalue weighted by Crippen LogP contribution is -1.80. The molecule has 4 rings (SSSR count). The molecule has 0 fully saturated rings. The van der Waals surface area contributed by atoms with Crippen molar-refractivity contribution in [1.29, 1.82) is 0 Å². The Morgan fingerprint density at radius 1 is 0.412 bits per heavy atom. The Kier molecular flexibility index (Phi) is 7.30. The largest absolute Gasteiger partial charge is 0.240 e. The van der Waals surface area contributed by atoms with Gasteiger partial charge in [-0.1, -0.05) is 97.1 Å². The molecule has 0 heterocycles. The molecule has 0 aliphatic heterocycles. The van der Waals surface area contributed by atoms with Gasteiger partial charge in [-0.2, -0.15) is 9.98 Å². The molecule has 0 unspecified atom stereocenters. The number of rotatable bonds is 7. The van der Waals surface area contributed by atoms with E-state index >= 15 is 0 Å². The SMILES string of the molecule is O=C=Nc1ccc(C=Cc2ccc(-c3ccc(C=Cc4ccc(N=C=O)cc4)cc3)cc2)cc1. The summed E-state index contributed by atoms with van der Waals surface area (Å²) in [6.45, 7) is 0. The summed E-state index contributed by atoms with van der Waals surface area (Å²) in [5.74, 6) is 0. The van der Waals surface area contributed by atoms with Crippen LogP contribution in [0.15, 0.2) is 107 Å². The van der Waals surface area contributed by atoms with Crippen LogP contribution >= 0.6 is 0 Å². The molecule has 0 bridgehead atoms. The lowest BCUT2D eigenvalue weighted by molar-refractivity contribution is 0.564. The second-order valence-corrected chi connectivity index (χ2v) is 7.50. The summed E-state index contributed by atoms with van der Waals surface area (Å²) in [5.41, 5.74) is 7.75. The van der Waals surface area contributed by atoms with Crippen LogP contribution in [-0.2, 0) is 9.59 Å². The summed E-state index contributed by atoms with van der Waals surface area (Å²) in [6, 6.07) is 31.6. The van der Waals surface area contributed by atoms with Crippen LogP contribution in [0.5, 0.6) is 0 Å². The highest BCUT2D eigenvalue weighted by molar-refractivity contribution is 5.75. The van der Waals surface area contributed by atoms with Crippen LogP contribution in [0.1, 0.15) is 22.3 Å². The zero-order chi connectivity index (χ0) is 23.6. The number of aliphatic imine (C=N–C) groups is 2. The van der Waals surface area contributed by atoms with Crippen molar-refractivity contribution in [3.63, 3.8) is 0 Å². The van der Waals surface area contributed by atoms with Crippen LogP contribution in [0, 0.1) is 0 Å². The van der Waals surface area contributed by atoms with Gasteiger partial charge in [-0.15, -0.1) is 0 Å². The highest BCUT2D eigenvalue weighted by Gasteiger charge is 1.98. The van der Waals surface area contributed by atoms with Gasteiger partial charge >= 0.3 is 0 Å². The fourth-order valence-electron chi connectivity index (χ4n) is 3.38. The van der Waals surface area contributed by atoms with Crippen molar-refractivity contribution in [3.8, 4) is 11.1 Å². The number of carbonyl (C=O) groups excluding carboxylic acids is 2. The smallest absolute Gasteiger partial charge is 0.211 e. The summed E-state index contributed by atoms with van der Waals surface area (Å²) in [6.07, 6.45) is 11.2. The van der Waals surface area contributed by atoms with Gasteiger partial charge in [-0.05, 0) is 57.6 Å². The molecular formula is C30H20N2O2. The Labute approximate surface area is 198 Å². The van der Waals surface area contributed by atoms with E-state index in [2.05, 4.69) is 58.5 Å². The van der Waals surface area contributed by atoms with E-state index in [-0.39, 0.29) is 0 Å². The first kappa shape index (κ1) is 22.3. The van der Waals surface area contributed by atoms with E-state index in [1.54, 1.807) is 36.4 Å². The Morgan fingerprint density at radius 3 is 0.941 bits per heavy atom. The second-order valence-electron chi connectivity index (χ2n) is 7.50. The molecule has 0 aliphatic carbocycles. The van der Waals surface area contributed by atoms with Crippen molar-refractivity contribution >= 4 is 47.8 Å². The predicted octanol–water partition coefficient (Wildman–Crippen LogP) is 7.63. The number of hydrogen-bond acceptors (Lipinski definition) is 4. The first-order valence-electron chi connectivity index (χ1n) is 10.7. The van der Waals surface area contributed by atoms with Gasteiger partial charge in [-0.25, -0.2) is 9.59 Å². The third kappa shape index (κ3) is 6.09. The molecule has 4 nitrogen and oxygen atoms in total. The van der Waals surface area contributed by atoms with Crippen LogP contribution < -0.4 is 0 Å². The van der Waals surface area contributed by atoms with E-state index in [4.69, 9.17) is 0 Å². The fourth-order valence-corrected chi connectivity index (χ4v) is 3.38. The topological polar surface area (TPSA) is 58.9 Å². The first-order chi connectivity index (χ1) is 16.7. The normalized spacial score (nSPS) is 10.7. The third-order valence-electron chi connectivity index (χ3n) is 5.23. The molecule has 0 saturated heterocycles. The molecule has 34 heavy (non-hydrogen) atoms. The minimum atomic E-state index is 0.595. The average Bonchev–Trinajstić information content (AvgIpc) is 2.89. The molecule has 0 radical (unpaired) electrons. The molecule has 4 aromatic rings. The third-order valence-corrected chi connectivity index (χ3v) is 5.23. The summed E-state index contributed by atoms with van der Waals surface area (Å²) < 4.78 is 0. The fraction of sp³-hybridized carbons (Fsp3) is 0. The summed E-state index contributed by atoms with van der Waals surface area (Å²) >= 11 is 0. The minimum Gasteiger partial charge on any atom is -0.211 e. The van der Waals surface area contributed by atoms with Crippen LogP contribution in [0.25, 0.3) is 35.4 Å². The number of benzene rings is 4. The monoisotopic (exact) mass is 440 g/mol. The Balaban J connectivity index is 1.39. The molecule has 0 saturated carbocycles. The highest BCUT2D eigenvalue weighted by Crippen LogP contribution is 2.22. The predicted molar refractivity (Wildman–Crippen MR) is 138 cm³/mol. The van der Waals surface area contributed by atoms with Gasteiger partial charge in [0.2, 0.25) is 12.2 Å². The summed E-state index contributed by atoms with van der Waals surface area (Å²) in [4.78, 5) is 27.8. The molecule has 0 aliphatic rings. The maximum atomic E-state index is 10.3. The molecule has 162 valence electrons. The van der Waals surface area contributed by atoms with Gasteiger partial charge in [0.05, 0.1) is 11.4 Å². The van der Waals surface area contributed by atoms with Crippen LogP contribution in [0.3, 0.4) is 0 Å². The Bertz CT molecular complexity index is 1290. The van der Waals surface area contributed by atoms with E-state index in [0.29, 0.717) is 11.4 Å². The van der Waals surface area contributed by atoms with Crippen molar-refractivity contribution in [2.45, 2.75) is 0 Å². The first-order valence-corrected chi connectivity index (χ1v) is 10.7. The Morgan fingerprint density at radius 2 is 0.676 bits per heavy atom. The van der Waals surface area contributed by atoms with E-state index in [1.807, 2.05) is 48.6 Å². The maximum absolute atomic E-state index is 10.3. The van der Waals surface area contributed by atoms with Gasteiger partial charge < -0.3 is 0 Å². The van der Waals surface area contributed by atoms with Crippen molar-refractivity contribution < 1.29 is 9.59 Å². The summed E-state index contributed by atoms with van der Waals surface area (Å²) in [5, 5.41) is 0. The van der Waals surface area contributed by atoms with Gasteiger partial charge in [0, 0.05) is 0 Å². The molecule has 0 spiro atoms. The van der Waals surface area contributed by atoms with Crippen LogP contribution in [0.4, 0.5) is 11.4 Å². The standard InChI is InChI=1S/C30H20N2O2/c33-21-31-29-17-9-25(10-18-29)3-1-23-5-13-27(14-6-23)28-15-7-24(8-16-28)2-4-26-11-19-30(20-12-26)32-22-34/h1-20H. The quantitative estimate of drug-likeness (QED) is 0.168. The molecule has 0 amide bonds. The van der Waals surface area contributed by atoms with Gasteiger partial charge in [0.25, 0.3) is 0 Å². The summed E-state index contributed by atoms with van der Waals surface area (Å²) in [7, 11) is 0. The number of nitrogens with zero attached hydrogens (tertiary/aromatic N) is 2. The molecule has 0 N–H and O–H groups in total. The van der Waals surface area contributed by atoms with Crippen molar-refractivity contribution in [3.05, 3.63) is 119 Å². The van der Waals surface area contributed by atoms with Crippen molar-refractivity contribution in [1.82, 2.24) is 0 Å². The van der Waals surface area contributed by atoms with E-state index < -0.39 is 0 Å². The molecule has 4 heteroatoms. The van der Waals surface area contributed by atoms with E-state index in [9.17, 15) is 9.59 Å². The Hall–Kier alpha value is -4.88. The lowest BCUT2D eigenvalue weighted by atomic mass is 10.0. The van der Waals surface area contributed by atoms with Crippen LogP contribution in [-0.4, -0.2) is 12.2 Å². The van der Waals surface area contributed by atoms with E-state index in [1.165, 1.54) is 0 Å². The highest BCUT2D eigenvalue weighted by atomic mass is 16.1. The van der Waals surface area contributed by atoms with Crippen LogP contribution in [0.2, 0.25) is 0 Å². The van der Waals surface area contributed by atoms with Crippen molar-refractivity contribution in [2.24, 2.45) is 9.98 Å². The van der Waals surface area contributed by atoms with E-state index in [0.717, 1.165) is 33.4 Å². The number of isocyanates is 2. The number of hydrogen-bond donors (Lipinski definition) is 0. The molecule has 0 aromatic heterocycles. The molecule has 4 aromatic carbocycles. The van der Waals surface area contributed by atoms with Gasteiger partial charge in [0.15, 0.2) is 0 Å².